The Balaban J connectivity index is 1.33. The lowest BCUT2D eigenvalue weighted by Crippen LogP contribution is -2.36. The average Bonchev–Trinajstić information content (AvgIpc) is 3.22. The second-order valence-corrected chi connectivity index (χ2v) is 8.12. The summed E-state index contributed by atoms with van der Waals surface area (Å²) in [5.74, 6) is -0.370. The number of nitrogens with zero attached hydrogens (tertiary/aromatic N) is 2. The Morgan fingerprint density at radius 2 is 1.93 bits per heavy atom. The molecular weight excluding hydrogens is 401 g/mol. The van der Waals surface area contributed by atoms with Gasteiger partial charge in [-0.3, -0.25) is 9.69 Å². The summed E-state index contributed by atoms with van der Waals surface area (Å²) < 4.78 is 18.8. The van der Waals surface area contributed by atoms with Gasteiger partial charge < -0.3 is 10.1 Å². The number of nitrogens with one attached hydrogen (secondary N) is 1. The summed E-state index contributed by atoms with van der Waals surface area (Å²) in [5.41, 5.74) is 3.76. The van der Waals surface area contributed by atoms with Crippen LogP contribution in [0.25, 0.3) is 10.6 Å². The van der Waals surface area contributed by atoms with Crippen molar-refractivity contribution >= 4 is 17.2 Å². The van der Waals surface area contributed by atoms with Crippen LogP contribution in [0, 0.1) is 5.82 Å². The maximum Gasteiger partial charge on any atom is 0.226 e. The lowest BCUT2D eigenvalue weighted by atomic mass is 10.1. The number of halogens is 1. The molecule has 1 saturated heterocycles. The fraction of sp³-hybridized carbons (Fsp3) is 0.304. The van der Waals surface area contributed by atoms with Gasteiger partial charge in [-0.25, -0.2) is 9.37 Å². The number of hydrogen-bond acceptors (Lipinski definition) is 5. The SMILES string of the molecule is O=C(Cc1csc(-c2cccc(F)c2)n1)NCc1ccccc1CN1CCOCC1. The number of thiazole rings is 1. The van der Waals surface area contributed by atoms with Crippen LogP contribution >= 0.6 is 11.3 Å². The van der Waals surface area contributed by atoms with Crippen molar-refractivity contribution in [1.82, 2.24) is 15.2 Å². The maximum atomic E-state index is 13.4. The second-order valence-electron chi connectivity index (χ2n) is 7.27. The molecule has 0 bridgehead atoms. The van der Waals surface area contributed by atoms with Crippen LogP contribution in [0.4, 0.5) is 4.39 Å². The number of morpholine rings is 1. The maximum absolute atomic E-state index is 13.4. The Kier molecular flexibility index (Phi) is 6.84. The van der Waals surface area contributed by atoms with Crippen molar-refractivity contribution < 1.29 is 13.9 Å². The van der Waals surface area contributed by atoms with E-state index >= 15 is 0 Å². The van der Waals surface area contributed by atoms with Crippen molar-refractivity contribution in [2.45, 2.75) is 19.5 Å². The molecule has 0 unspecified atom stereocenters. The van der Waals surface area contributed by atoms with E-state index in [1.165, 1.54) is 29.0 Å². The summed E-state index contributed by atoms with van der Waals surface area (Å²) >= 11 is 1.42. The highest BCUT2D eigenvalue weighted by Crippen LogP contribution is 2.24. The number of carbonyl (C=O) groups excluding carboxylic acids is 1. The first kappa shape index (κ1) is 20.7. The molecule has 0 aliphatic carbocycles. The van der Waals surface area contributed by atoms with E-state index in [9.17, 15) is 9.18 Å². The number of aromatic nitrogens is 1. The highest BCUT2D eigenvalue weighted by molar-refractivity contribution is 7.13. The van der Waals surface area contributed by atoms with Crippen LogP contribution in [-0.2, 0) is 29.0 Å². The van der Waals surface area contributed by atoms with Crippen molar-refractivity contribution in [3.05, 3.63) is 76.5 Å². The number of rotatable bonds is 7. The van der Waals surface area contributed by atoms with E-state index in [1.54, 1.807) is 6.07 Å². The minimum atomic E-state index is -0.294. The van der Waals surface area contributed by atoms with Crippen molar-refractivity contribution in [3.63, 3.8) is 0 Å². The van der Waals surface area contributed by atoms with Crippen LogP contribution in [0.3, 0.4) is 0 Å². The summed E-state index contributed by atoms with van der Waals surface area (Å²) in [4.78, 5) is 19.3. The molecule has 1 fully saturated rings. The molecule has 0 radical (unpaired) electrons. The zero-order chi connectivity index (χ0) is 20.8. The third-order valence-electron chi connectivity index (χ3n) is 5.06. The Bertz CT molecular complexity index is 1000. The normalized spacial score (nSPS) is 14.6. The van der Waals surface area contributed by atoms with Gasteiger partial charge in [0.15, 0.2) is 0 Å². The van der Waals surface area contributed by atoms with E-state index < -0.39 is 0 Å². The Hall–Kier alpha value is -2.61. The van der Waals surface area contributed by atoms with E-state index in [-0.39, 0.29) is 18.1 Å². The van der Waals surface area contributed by atoms with Gasteiger partial charge >= 0.3 is 0 Å². The highest BCUT2D eigenvalue weighted by Gasteiger charge is 2.14. The average molecular weight is 426 g/mol. The van der Waals surface area contributed by atoms with Gasteiger partial charge in [-0.1, -0.05) is 36.4 Å². The fourth-order valence-corrected chi connectivity index (χ4v) is 4.26. The van der Waals surface area contributed by atoms with Crippen LogP contribution in [0.1, 0.15) is 16.8 Å². The molecule has 0 saturated carbocycles. The van der Waals surface area contributed by atoms with Crippen molar-refractivity contribution in [2.75, 3.05) is 26.3 Å². The van der Waals surface area contributed by atoms with Crippen LogP contribution in [0.15, 0.2) is 53.9 Å². The first-order valence-corrected chi connectivity index (χ1v) is 10.9. The summed E-state index contributed by atoms with van der Waals surface area (Å²) in [6.45, 7) is 4.74. The largest absolute Gasteiger partial charge is 0.379 e. The predicted molar refractivity (Wildman–Crippen MR) is 116 cm³/mol. The molecule has 1 aliphatic heterocycles. The topological polar surface area (TPSA) is 54.5 Å². The molecule has 0 atom stereocenters. The molecule has 2 heterocycles. The Labute approximate surface area is 179 Å². The fourth-order valence-electron chi connectivity index (χ4n) is 3.45. The van der Waals surface area contributed by atoms with Gasteiger partial charge in [0.25, 0.3) is 0 Å². The third-order valence-corrected chi connectivity index (χ3v) is 6.00. The van der Waals surface area contributed by atoms with E-state index in [0.717, 1.165) is 44.0 Å². The molecule has 1 aromatic heterocycles. The minimum absolute atomic E-state index is 0.0766. The summed E-state index contributed by atoms with van der Waals surface area (Å²) in [5, 5.41) is 5.57. The third kappa shape index (κ3) is 5.50. The molecule has 156 valence electrons. The standard InChI is InChI=1S/C23H24FN3O2S/c24-20-7-3-6-17(12-20)23-26-21(16-30-23)13-22(28)25-14-18-4-1-2-5-19(18)15-27-8-10-29-11-9-27/h1-7,12,16H,8-11,13-15H2,(H,25,28). The molecule has 2 aromatic carbocycles. The molecule has 1 N–H and O–H groups in total. The number of ether oxygens (including phenoxy) is 1. The lowest BCUT2D eigenvalue weighted by molar-refractivity contribution is -0.120. The zero-order valence-corrected chi connectivity index (χ0v) is 17.5. The van der Waals surface area contributed by atoms with Gasteiger partial charge in [0, 0.05) is 37.1 Å². The van der Waals surface area contributed by atoms with E-state index in [2.05, 4.69) is 27.3 Å². The Morgan fingerprint density at radius 1 is 1.13 bits per heavy atom. The van der Waals surface area contributed by atoms with Gasteiger partial charge in [-0.2, -0.15) is 0 Å². The van der Waals surface area contributed by atoms with E-state index in [0.29, 0.717) is 17.2 Å². The summed E-state index contributed by atoms with van der Waals surface area (Å²) in [7, 11) is 0. The Morgan fingerprint density at radius 3 is 2.73 bits per heavy atom. The van der Waals surface area contributed by atoms with Crippen LogP contribution in [0.5, 0.6) is 0 Å². The highest BCUT2D eigenvalue weighted by atomic mass is 32.1. The molecule has 5 nitrogen and oxygen atoms in total. The molecule has 30 heavy (non-hydrogen) atoms. The smallest absolute Gasteiger partial charge is 0.226 e. The number of amides is 1. The predicted octanol–water partition coefficient (Wildman–Crippen LogP) is 3.64. The van der Waals surface area contributed by atoms with Gasteiger partial charge in [-0.05, 0) is 23.3 Å². The monoisotopic (exact) mass is 425 g/mol. The van der Waals surface area contributed by atoms with Crippen molar-refractivity contribution in [3.8, 4) is 10.6 Å². The van der Waals surface area contributed by atoms with E-state index in [4.69, 9.17) is 4.74 Å². The van der Waals surface area contributed by atoms with Gasteiger partial charge in [-0.15, -0.1) is 11.3 Å². The number of carbonyl (C=O) groups is 1. The number of benzene rings is 2. The molecule has 1 aliphatic rings. The quantitative estimate of drug-likeness (QED) is 0.628. The van der Waals surface area contributed by atoms with Gasteiger partial charge in [0.2, 0.25) is 5.91 Å². The molecule has 7 heteroatoms. The molecular formula is C23H24FN3O2S. The summed E-state index contributed by atoms with van der Waals surface area (Å²) in [6.07, 6.45) is 0.206. The first-order chi connectivity index (χ1) is 14.7. The lowest BCUT2D eigenvalue weighted by Gasteiger charge is -2.27. The summed E-state index contributed by atoms with van der Waals surface area (Å²) in [6, 6.07) is 14.5. The molecule has 3 aromatic rings. The van der Waals surface area contributed by atoms with Gasteiger partial charge in [0.1, 0.15) is 10.8 Å². The minimum Gasteiger partial charge on any atom is -0.379 e. The second kappa shape index (κ2) is 9.93. The van der Waals surface area contributed by atoms with Crippen LogP contribution < -0.4 is 5.32 Å². The molecule has 1 amide bonds. The van der Waals surface area contributed by atoms with Crippen LogP contribution in [-0.4, -0.2) is 42.1 Å². The molecule has 0 spiro atoms. The van der Waals surface area contributed by atoms with Crippen molar-refractivity contribution in [2.24, 2.45) is 0 Å². The van der Waals surface area contributed by atoms with Gasteiger partial charge in [0.05, 0.1) is 25.3 Å². The first-order valence-electron chi connectivity index (χ1n) is 10.0. The molecule has 4 rings (SSSR count). The van der Waals surface area contributed by atoms with Crippen molar-refractivity contribution in [1.29, 1.82) is 0 Å². The zero-order valence-electron chi connectivity index (χ0n) is 16.6. The van der Waals surface area contributed by atoms with Crippen LogP contribution in [0.2, 0.25) is 0 Å². The van der Waals surface area contributed by atoms with E-state index in [1.807, 2.05) is 23.6 Å². The number of hydrogen-bond donors (Lipinski definition) is 1.